The van der Waals surface area contributed by atoms with E-state index in [9.17, 15) is 4.79 Å². The van der Waals surface area contributed by atoms with Gasteiger partial charge in [0.1, 0.15) is 0 Å². The highest BCUT2D eigenvalue weighted by atomic mass is 16.4. The van der Waals surface area contributed by atoms with Gasteiger partial charge in [-0.05, 0) is 26.8 Å². The summed E-state index contributed by atoms with van der Waals surface area (Å²) in [6.07, 6.45) is 1.72. The molecule has 0 aliphatic carbocycles. The quantitative estimate of drug-likeness (QED) is 0.776. The highest BCUT2D eigenvalue weighted by molar-refractivity contribution is 5.77. The van der Waals surface area contributed by atoms with Gasteiger partial charge in [0.2, 0.25) is 11.8 Å². The molecular formula is C11H19N5O2. The summed E-state index contributed by atoms with van der Waals surface area (Å²) in [5.74, 6) is 0.142. The zero-order valence-corrected chi connectivity index (χ0v) is 10.7. The zero-order chi connectivity index (χ0) is 13.1. The van der Waals surface area contributed by atoms with Crippen molar-refractivity contribution in [3.8, 4) is 0 Å². The third-order valence-corrected chi connectivity index (χ3v) is 3.31. The molecule has 0 radical (unpaired) electrons. The van der Waals surface area contributed by atoms with Gasteiger partial charge in [-0.1, -0.05) is 5.10 Å². The molecule has 0 bridgehead atoms. The van der Waals surface area contributed by atoms with Gasteiger partial charge < -0.3 is 20.4 Å². The molecule has 3 N–H and O–H groups in total. The van der Waals surface area contributed by atoms with Gasteiger partial charge in [0, 0.05) is 12.6 Å². The van der Waals surface area contributed by atoms with Gasteiger partial charge in [0.15, 0.2) is 0 Å². The van der Waals surface area contributed by atoms with Crippen LogP contribution >= 0.6 is 0 Å². The topological polar surface area (TPSA) is 97.3 Å². The van der Waals surface area contributed by atoms with Gasteiger partial charge in [-0.2, -0.15) is 0 Å². The molecule has 1 amide bonds. The zero-order valence-electron chi connectivity index (χ0n) is 10.7. The van der Waals surface area contributed by atoms with Gasteiger partial charge in [-0.3, -0.25) is 4.79 Å². The molecule has 1 saturated heterocycles. The van der Waals surface area contributed by atoms with Crippen molar-refractivity contribution >= 4 is 11.9 Å². The van der Waals surface area contributed by atoms with E-state index < -0.39 is 0 Å². The predicted octanol–water partition coefficient (Wildman–Crippen LogP) is -0.121. The Labute approximate surface area is 106 Å². The molecule has 7 heteroatoms. The molecule has 1 aromatic rings. The molecule has 1 aliphatic rings. The first kappa shape index (κ1) is 12.8. The number of piperidine rings is 1. The molecular weight excluding hydrogens is 234 g/mol. The van der Waals surface area contributed by atoms with E-state index in [0.29, 0.717) is 25.0 Å². The molecule has 18 heavy (non-hydrogen) atoms. The lowest BCUT2D eigenvalue weighted by Gasteiger charge is -2.35. The molecule has 2 unspecified atom stereocenters. The first-order valence-corrected chi connectivity index (χ1v) is 6.14. The van der Waals surface area contributed by atoms with Crippen LogP contribution in [-0.2, 0) is 11.3 Å². The molecule has 0 spiro atoms. The SMILES string of the molecule is CNCc1nnc(N2CC(C(N)=O)CCC2C)o1. The number of hydrogen-bond donors (Lipinski definition) is 2. The van der Waals surface area contributed by atoms with Crippen molar-refractivity contribution in [2.24, 2.45) is 11.7 Å². The summed E-state index contributed by atoms with van der Waals surface area (Å²) in [6.45, 7) is 3.17. The van der Waals surface area contributed by atoms with Crippen molar-refractivity contribution < 1.29 is 9.21 Å². The fourth-order valence-corrected chi connectivity index (χ4v) is 2.19. The summed E-state index contributed by atoms with van der Waals surface area (Å²) < 4.78 is 5.55. The van der Waals surface area contributed by atoms with Gasteiger partial charge in [0.25, 0.3) is 0 Å². The molecule has 0 aromatic carbocycles. The second kappa shape index (κ2) is 5.34. The summed E-state index contributed by atoms with van der Waals surface area (Å²) in [7, 11) is 1.82. The van der Waals surface area contributed by atoms with E-state index in [-0.39, 0.29) is 17.9 Å². The Morgan fingerprint density at radius 2 is 2.33 bits per heavy atom. The number of nitrogens with two attached hydrogens (primary N) is 1. The van der Waals surface area contributed by atoms with Crippen LogP contribution in [-0.4, -0.2) is 35.7 Å². The minimum atomic E-state index is -0.262. The van der Waals surface area contributed by atoms with E-state index in [1.165, 1.54) is 0 Å². The fraction of sp³-hybridized carbons (Fsp3) is 0.727. The molecule has 2 atom stereocenters. The lowest BCUT2D eigenvalue weighted by molar-refractivity contribution is -0.122. The minimum absolute atomic E-state index is 0.138. The van der Waals surface area contributed by atoms with E-state index in [1.807, 2.05) is 11.9 Å². The van der Waals surface area contributed by atoms with Crippen LogP contribution in [0.3, 0.4) is 0 Å². The van der Waals surface area contributed by atoms with Crippen molar-refractivity contribution in [2.75, 3.05) is 18.5 Å². The first-order valence-electron chi connectivity index (χ1n) is 6.14. The number of carbonyl (C=O) groups excluding carboxylic acids is 1. The maximum atomic E-state index is 11.3. The number of hydrogen-bond acceptors (Lipinski definition) is 6. The summed E-state index contributed by atoms with van der Waals surface area (Å²) >= 11 is 0. The number of rotatable bonds is 4. The summed E-state index contributed by atoms with van der Waals surface area (Å²) in [6, 6.07) is 0.752. The van der Waals surface area contributed by atoms with Crippen LogP contribution in [0.25, 0.3) is 0 Å². The number of amides is 1. The van der Waals surface area contributed by atoms with Crippen molar-refractivity contribution in [1.82, 2.24) is 15.5 Å². The van der Waals surface area contributed by atoms with E-state index in [4.69, 9.17) is 10.2 Å². The van der Waals surface area contributed by atoms with E-state index >= 15 is 0 Å². The molecule has 1 fully saturated rings. The summed E-state index contributed by atoms with van der Waals surface area (Å²) in [5.41, 5.74) is 5.36. The number of primary amides is 1. The van der Waals surface area contributed by atoms with E-state index in [0.717, 1.165) is 12.8 Å². The Morgan fingerprint density at radius 1 is 1.56 bits per heavy atom. The van der Waals surface area contributed by atoms with Gasteiger partial charge in [-0.25, -0.2) is 0 Å². The smallest absolute Gasteiger partial charge is 0.318 e. The highest BCUT2D eigenvalue weighted by Gasteiger charge is 2.31. The standard InChI is InChI=1S/C11H19N5O2/c1-7-3-4-8(10(12)17)6-16(7)11-15-14-9(18-11)5-13-2/h7-8,13H,3-6H2,1-2H3,(H2,12,17). The summed E-state index contributed by atoms with van der Waals surface area (Å²) in [4.78, 5) is 13.2. The second-order valence-electron chi connectivity index (χ2n) is 4.69. The maximum absolute atomic E-state index is 11.3. The van der Waals surface area contributed by atoms with Crippen LogP contribution in [0.2, 0.25) is 0 Å². The van der Waals surface area contributed by atoms with Crippen LogP contribution in [0.5, 0.6) is 0 Å². The molecule has 0 saturated carbocycles. The van der Waals surface area contributed by atoms with Crippen LogP contribution < -0.4 is 16.0 Å². The Bertz CT molecular complexity index is 419. The first-order chi connectivity index (χ1) is 8.61. The summed E-state index contributed by atoms with van der Waals surface area (Å²) in [5, 5.41) is 10.9. The molecule has 1 aromatic heterocycles. The normalized spacial score (nSPS) is 24.2. The number of nitrogens with zero attached hydrogens (tertiary/aromatic N) is 3. The monoisotopic (exact) mass is 253 g/mol. The van der Waals surface area contributed by atoms with Crippen LogP contribution in [0.1, 0.15) is 25.7 Å². The third-order valence-electron chi connectivity index (χ3n) is 3.31. The Hall–Kier alpha value is -1.63. The Kier molecular flexibility index (Phi) is 3.81. The van der Waals surface area contributed by atoms with Crippen molar-refractivity contribution in [1.29, 1.82) is 0 Å². The van der Waals surface area contributed by atoms with Crippen LogP contribution in [0.15, 0.2) is 4.42 Å². The number of anilines is 1. The molecule has 7 nitrogen and oxygen atoms in total. The van der Waals surface area contributed by atoms with Crippen LogP contribution in [0, 0.1) is 5.92 Å². The minimum Gasteiger partial charge on any atom is -0.407 e. The Morgan fingerprint density at radius 3 is 3.00 bits per heavy atom. The number of carbonyl (C=O) groups is 1. The average Bonchev–Trinajstić information content (AvgIpc) is 2.78. The molecule has 2 rings (SSSR count). The maximum Gasteiger partial charge on any atom is 0.318 e. The van der Waals surface area contributed by atoms with Crippen molar-refractivity contribution in [3.63, 3.8) is 0 Å². The van der Waals surface area contributed by atoms with Gasteiger partial charge >= 0.3 is 6.01 Å². The Balaban J connectivity index is 2.11. The lowest BCUT2D eigenvalue weighted by Crippen LogP contribution is -2.46. The lowest BCUT2D eigenvalue weighted by atomic mass is 9.93. The van der Waals surface area contributed by atoms with Crippen LogP contribution in [0.4, 0.5) is 6.01 Å². The molecule has 2 heterocycles. The van der Waals surface area contributed by atoms with Crippen molar-refractivity contribution in [3.05, 3.63) is 5.89 Å². The van der Waals surface area contributed by atoms with Crippen molar-refractivity contribution in [2.45, 2.75) is 32.4 Å². The number of nitrogens with one attached hydrogen (secondary N) is 1. The predicted molar refractivity (Wildman–Crippen MR) is 65.8 cm³/mol. The van der Waals surface area contributed by atoms with Gasteiger partial charge in [-0.15, -0.1) is 5.10 Å². The molecule has 100 valence electrons. The third kappa shape index (κ3) is 2.61. The highest BCUT2D eigenvalue weighted by Crippen LogP contribution is 2.26. The molecule has 1 aliphatic heterocycles. The average molecular weight is 253 g/mol. The fourth-order valence-electron chi connectivity index (χ4n) is 2.19. The van der Waals surface area contributed by atoms with E-state index in [2.05, 4.69) is 22.4 Å². The second-order valence-corrected chi connectivity index (χ2v) is 4.69. The van der Waals surface area contributed by atoms with Gasteiger partial charge in [0.05, 0.1) is 12.5 Å². The van der Waals surface area contributed by atoms with E-state index in [1.54, 1.807) is 0 Å². The number of aromatic nitrogens is 2. The largest absolute Gasteiger partial charge is 0.407 e.